The van der Waals surface area contributed by atoms with Crippen LogP contribution in [0, 0.1) is 22.0 Å². The molecule has 3 amide bonds. The maximum Gasteiger partial charge on any atom is 0.269 e. The van der Waals surface area contributed by atoms with Gasteiger partial charge in [0.15, 0.2) is 0 Å². The number of carbonyl (C=O) groups excluding carboxylic acids is 3. The van der Waals surface area contributed by atoms with Crippen LogP contribution < -0.4 is 10.6 Å². The second kappa shape index (κ2) is 7.98. The molecule has 0 bridgehead atoms. The number of hydrogen-bond acceptors (Lipinski definition) is 6. The molecule has 2 N–H and O–H groups in total. The van der Waals surface area contributed by atoms with Crippen molar-refractivity contribution in [1.82, 2.24) is 10.2 Å². The van der Waals surface area contributed by atoms with Gasteiger partial charge in [0, 0.05) is 30.9 Å². The molecule has 9 heteroatoms. The van der Waals surface area contributed by atoms with Gasteiger partial charge in [0.2, 0.25) is 17.7 Å². The molecule has 0 saturated carbocycles. The van der Waals surface area contributed by atoms with E-state index in [0.29, 0.717) is 31.6 Å². The fourth-order valence-electron chi connectivity index (χ4n) is 3.33. The van der Waals surface area contributed by atoms with Gasteiger partial charge < -0.3 is 10.6 Å². The van der Waals surface area contributed by atoms with Crippen LogP contribution in [-0.4, -0.2) is 47.2 Å². The number of benzene rings is 1. The van der Waals surface area contributed by atoms with Gasteiger partial charge >= 0.3 is 0 Å². The summed E-state index contributed by atoms with van der Waals surface area (Å²) in [4.78, 5) is 47.8. The molecule has 1 heterocycles. The Hall–Kier alpha value is -3.23. The van der Waals surface area contributed by atoms with Crippen molar-refractivity contribution >= 4 is 29.1 Å². The van der Waals surface area contributed by atoms with Gasteiger partial charge in [-0.2, -0.15) is 0 Å². The molecule has 0 spiro atoms. The number of non-ortho nitro benzene ring substituents is 1. The molecule has 3 rings (SSSR count). The predicted molar refractivity (Wildman–Crippen MR) is 96.7 cm³/mol. The van der Waals surface area contributed by atoms with E-state index in [9.17, 15) is 24.5 Å². The maximum absolute atomic E-state index is 12.3. The van der Waals surface area contributed by atoms with Crippen LogP contribution in [0.15, 0.2) is 36.4 Å². The number of nitro benzene ring substituents is 1. The number of rotatable bonds is 7. The van der Waals surface area contributed by atoms with Crippen molar-refractivity contribution in [3.63, 3.8) is 0 Å². The van der Waals surface area contributed by atoms with E-state index < -0.39 is 10.8 Å². The number of allylic oxidation sites excluding steroid dienone is 2. The van der Waals surface area contributed by atoms with Crippen molar-refractivity contribution in [2.75, 3.05) is 25.0 Å². The number of nitrogens with one attached hydrogen (secondary N) is 2. The zero-order chi connectivity index (χ0) is 19.4. The average Bonchev–Trinajstić information content (AvgIpc) is 2.91. The number of nitrogens with zero attached hydrogens (tertiary/aromatic N) is 2. The lowest BCUT2D eigenvalue weighted by Gasteiger charge is -2.14. The number of imide groups is 1. The van der Waals surface area contributed by atoms with E-state index in [2.05, 4.69) is 10.6 Å². The van der Waals surface area contributed by atoms with E-state index in [-0.39, 0.29) is 35.9 Å². The molecule has 2 aliphatic rings. The van der Waals surface area contributed by atoms with Crippen LogP contribution in [0.3, 0.4) is 0 Å². The van der Waals surface area contributed by atoms with Gasteiger partial charge in [-0.25, -0.2) is 0 Å². The Kier molecular flexibility index (Phi) is 5.49. The minimum atomic E-state index is -0.475. The molecule has 1 aliphatic carbocycles. The quantitative estimate of drug-likeness (QED) is 0.243. The Morgan fingerprint density at radius 2 is 1.67 bits per heavy atom. The average molecular weight is 372 g/mol. The summed E-state index contributed by atoms with van der Waals surface area (Å²) in [5.41, 5.74) is 0.695. The molecule has 27 heavy (non-hydrogen) atoms. The lowest BCUT2D eigenvalue weighted by Crippen LogP contribution is -2.42. The summed E-state index contributed by atoms with van der Waals surface area (Å²) in [6, 6.07) is 5.94. The molecule has 2 atom stereocenters. The van der Waals surface area contributed by atoms with Crippen molar-refractivity contribution in [1.29, 1.82) is 0 Å². The molecular weight excluding hydrogens is 352 g/mol. The van der Waals surface area contributed by atoms with E-state index in [0.717, 1.165) is 4.90 Å². The zero-order valence-corrected chi connectivity index (χ0v) is 14.6. The van der Waals surface area contributed by atoms with E-state index in [4.69, 9.17) is 0 Å². The van der Waals surface area contributed by atoms with Crippen LogP contribution in [-0.2, 0) is 14.4 Å². The van der Waals surface area contributed by atoms with Gasteiger partial charge in [0.25, 0.3) is 5.69 Å². The van der Waals surface area contributed by atoms with Crippen molar-refractivity contribution in [2.45, 2.75) is 12.8 Å². The Balaban J connectivity index is 1.41. The molecule has 1 aliphatic heterocycles. The summed E-state index contributed by atoms with van der Waals surface area (Å²) >= 11 is 0. The summed E-state index contributed by atoms with van der Waals surface area (Å²) in [6.45, 7) is 0.434. The Morgan fingerprint density at radius 1 is 1.07 bits per heavy atom. The minimum Gasteiger partial charge on any atom is -0.383 e. The second-order valence-electron chi connectivity index (χ2n) is 6.50. The summed E-state index contributed by atoms with van der Waals surface area (Å²) in [6.07, 6.45) is 4.90. The first-order valence-electron chi connectivity index (χ1n) is 8.72. The Bertz CT molecular complexity index is 763. The first kappa shape index (κ1) is 18.6. The smallest absolute Gasteiger partial charge is 0.269 e. The topological polar surface area (TPSA) is 122 Å². The molecular formula is C18H20N4O5. The molecule has 1 aromatic rings. The Morgan fingerprint density at radius 3 is 2.22 bits per heavy atom. The summed E-state index contributed by atoms with van der Waals surface area (Å²) in [7, 11) is 0. The standard InChI is InChI=1S/C18H20N4O5/c23-16(11-21-17(24)14-3-1-2-4-15(14)18(21)25)20-10-9-19-12-5-7-13(8-6-12)22(26)27/h1-2,5-8,14-15,19H,3-4,9-11H2,(H,20,23)/t14-,15-/m1/s1. The van der Waals surface area contributed by atoms with Gasteiger partial charge in [-0.3, -0.25) is 29.4 Å². The number of nitro groups is 1. The number of likely N-dealkylation sites (tertiary alicyclic amines) is 1. The maximum atomic E-state index is 12.3. The molecule has 9 nitrogen and oxygen atoms in total. The zero-order valence-electron chi connectivity index (χ0n) is 14.6. The van der Waals surface area contributed by atoms with Gasteiger partial charge in [0.1, 0.15) is 6.54 Å². The third kappa shape index (κ3) is 4.13. The van der Waals surface area contributed by atoms with Crippen LogP contribution in [0.2, 0.25) is 0 Å². The van der Waals surface area contributed by atoms with Crippen LogP contribution >= 0.6 is 0 Å². The van der Waals surface area contributed by atoms with Crippen molar-refractivity contribution < 1.29 is 19.3 Å². The van der Waals surface area contributed by atoms with E-state index in [1.165, 1.54) is 12.1 Å². The van der Waals surface area contributed by atoms with Gasteiger partial charge in [-0.05, 0) is 25.0 Å². The highest BCUT2D eigenvalue weighted by molar-refractivity contribution is 6.07. The normalized spacial score (nSPS) is 21.1. The first-order valence-corrected chi connectivity index (χ1v) is 8.72. The molecule has 0 aromatic heterocycles. The third-order valence-electron chi connectivity index (χ3n) is 4.75. The van der Waals surface area contributed by atoms with Crippen molar-refractivity contribution in [3.05, 3.63) is 46.5 Å². The van der Waals surface area contributed by atoms with Crippen molar-refractivity contribution in [2.24, 2.45) is 11.8 Å². The van der Waals surface area contributed by atoms with Crippen LogP contribution in [0.4, 0.5) is 11.4 Å². The molecule has 1 fully saturated rings. The molecule has 0 radical (unpaired) electrons. The number of amides is 3. The van der Waals surface area contributed by atoms with Gasteiger partial charge in [0.05, 0.1) is 16.8 Å². The molecule has 1 saturated heterocycles. The van der Waals surface area contributed by atoms with Crippen molar-refractivity contribution in [3.8, 4) is 0 Å². The lowest BCUT2D eigenvalue weighted by molar-refractivity contribution is -0.384. The SMILES string of the molecule is O=C(CN1C(=O)[C@@H]2CC=CC[C@H]2C1=O)NCCNc1ccc([N+](=O)[O-])cc1. The summed E-state index contributed by atoms with van der Waals surface area (Å²) in [5.74, 6) is -1.60. The van der Waals surface area contributed by atoms with E-state index in [1.807, 2.05) is 12.2 Å². The van der Waals surface area contributed by atoms with Crippen LogP contribution in [0.25, 0.3) is 0 Å². The first-order chi connectivity index (χ1) is 13.0. The number of hydrogen-bond donors (Lipinski definition) is 2. The fourth-order valence-corrected chi connectivity index (χ4v) is 3.33. The second-order valence-corrected chi connectivity index (χ2v) is 6.50. The van der Waals surface area contributed by atoms with E-state index >= 15 is 0 Å². The highest BCUT2D eigenvalue weighted by atomic mass is 16.6. The van der Waals surface area contributed by atoms with E-state index in [1.54, 1.807) is 12.1 Å². The number of anilines is 1. The van der Waals surface area contributed by atoms with Gasteiger partial charge in [-0.15, -0.1) is 0 Å². The fraction of sp³-hybridized carbons (Fsp3) is 0.389. The minimum absolute atomic E-state index is 0.00423. The van der Waals surface area contributed by atoms with Gasteiger partial charge in [-0.1, -0.05) is 12.2 Å². The van der Waals surface area contributed by atoms with Crippen LogP contribution in [0.1, 0.15) is 12.8 Å². The summed E-state index contributed by atoms with van der Waals surface area (Å²) in [5, 5.41) is 16.3. The monoisotopic (exact) mass is 372 g/mol. The lowest BCUT2D eigenvalue weighted by atomic mass is 9.85. The highest BCUT2D eigenvalue weighted by Gasteiger charge is 2.47. The Labute approximate surface area is 155 Å². The molecule has 0 unspecified atom stereocenters. The predicted octanol–water partition coefficient (Wildman–Crippen LogP) is 1.07. The van der Waals surface area contributed by atoms with Crippen LogP contribution in [0.5, 0.6) is 0 Å². The number of carbonyl (C=O) groups is 3. The largest absolute Gasteiger partial charge is 0.383 e. The number of fused-ring (bicyclic) bond motifs is 1. The third-order valence-corrected chi connectivity index (χ3v) is 4.75. The molecule has 142 valence electrons. The summed E-state index contributed by atoms with van der Waals surface area (Å²) < 4.78 is 0. The molecule has 1 aromatic carbocycles. The highest BCUT2D eigenvalue weighted by Crippen LogP contribution is 2.34.